The molecule has 0 aliphatic carbocycles. The van der Waals surface area contributed by atoms with Crippen molar-refractivity contribution in [3.05, 3.63) is 11.9 Å². The number of nitrogens with two attached hydrogens (primary N) is 1. The second-order valence-electron chi connectivity index (χ2n) is 3.78. The molecule has 1 rings (SSSR count). The van der Waals surface area contributed by atoms with Crippen LogP contribution < -0.4 is 10.5 Å². The van der Waals surface area contributed by atoms with Crippen LogP contribution in [0.15, 0.2) is 6.20 Å². The zero-order valence-electron chi connectivity index (χ0n) is 9.81. The quantitative estimate of drug-likeness (QED) is 0.755. The van der Waals surface area contributed by atoms with E-state index in [4.69, 9.17) is 10.5 Å². The lowest BCUT2D eigenvalue weighted by Gasteiger charge is -2.14. The van der Waals surface area contributed by atoms with Gasteiger partial charge >= 0.3 is 0 Å². The number of aromatic nitrogens is 2. The Bertz CT molecular complexity index is 331. The Morgan fingerprint density at radius 2 is 2.31 bits per heavy atom. The van der Waals surface area contributed by atoms with Gasteiger partial charge in [0.25, 0.3) is 0 Å². The van der Waals surface area contributed by atoms with E-state index in [2.05, 4.69) is 16.9 Å². The third-order valence-electron chi connectivity index (χ3n) is 2.51. The highest BCUT2D eigenvalue weighted by atomic mass is 16.5. The molecule has 0 fully saturated rings. The highest BCUT2D eigenvalue weighted by Gasteiger charge is 2.13. The first-order valence-electron chi connectivity index (χ1n) is 5.47. The number of nitrogen functional groups attached to an aromatic ring is 1. The summed E-state index contributed by atoms with van der Waals surface area (Å²) in [6.07, 6.45) is 4.23. The van der Waals surface area contributed by atoms with Gasteiger partial charge in [0.2, 0.25) is 5.95 Å². The molecule has 1 heterocycles. The van der Waals surface area contributed by atoms with Gasteiger partial charge in [-0.1, -0.05) is 13.3 Å². The van der Waals surface area contributed by atoms with Crippen molar-refractivity contribution in [2.45, 2.75) is 26.2 Å². The van der Waals surface area contributed by atoms with Crippen LogP contribution in [0.4, 0.5) is 5.95 Å². The zero-order chi connectivity index (χ0) is 12.0. The molecule has 0 unspecified atom stereocenters. The molecule has 0 bridgehead atoms. The van der Waals surface area contributed by atoms with E-state index >= 15 is 0 Å². The molecule has 16 heavy (non-hydrogen) atoms. The summed E-state index contributed by atoms with van der Waals surface area (Å²) in [5, 5.41) is 9.24. The molecule has 0 aliphatic rings. The molecule has 0 radical (unpaired) electrons. The van der Waals surface area contributed by atoms with Crippen molar-refractivity contribution in [3.8, 4) is 5.75 Å². The fourth-order valence-electron chi connectivity index (χ4n) is 1.68. The normalized spacial score (nSPS) is 12.4. The molecule has 3 N–H and O–H groups in total. The summed E-state index contributed by atoms with van der Waals surface area (Å²) in [7, 11) is 1.58. The Labute approximate surface area is 95.7 Å². The number of ether oxygens (including phenoxy) is 1. The summed E-state index contributed by atoms with van der Waals surface area (Å²) >= 11 is 0. The molecular formula is C11H19N3O2. The van der Waals surface area contributed by atoms with Gasteiger partial charge in [-0.3, -0.25) is 0 Å². The van der Waals surface area contributed by atoms with E-state index in [1.165, 1.54) is 0 Å². The summed E-state index contributed by atoms with van der Waals surface area (Å²) in [5.74, 6) is 1.07. The number of aliphatic hydroxyl groups excluding tert-OH is 1. The standard InChI is InChI=1S/C11H19N3O2/c1-3-4-8(7-15)5-9-10(16-2)6-13-11(12)14-9/h6,8,15H,3-5,7H2,1-2H3,(H2,12,13,14)/t8-/m0/s1. The maximum absolute atomic E-state index is 9.24. The maximum atomic E-state index is 9.24. The van der Waals surface area contributed by atoms with E-state index in [1.807, 2.05) is 0 Å². The Morgan fingerprint density at radius 3 is 2.88 bits per heavy atom. The number of rotatable bonds is 6. The third-order valence-corrected chi connectivity index (χ3v) is 2.51. The number of nitrogens with zero attached hydrogens (tertiary/aromatic N) is 2. The van der Waals surface area contributed by atoms with E-state index in [0.29, 0.717) is 12.2 Å². The molecule has 1 aromatic rings. The fourth-order valence-corrected chi connectivity index (χ4v) is 1.68. The first kappa shape index (κ1) is 12.7. The Kier molecular flexibility index (Phi) is 4.98. The zero-order valence-corrected chi connectivity index (χ0v) is 9.81. The van der Waals surface area contributed by atoms with Crippen molar-refractivity contribution < 1.29 is 9.84 Å². The monoisotopic (exact) mass is 225 g/mol. The van der Waals surface area contributed by atoms with Gasteiger partial charge in [-0.25, -0.2) is 9.97 Å². The average Bonchev–Trinajstić information content (AvgIpc) is 2.29. The predicted octanol–water partition coefficient (Wildman–Crippen LogP) is 1.02. The summed E-state index contributed by atoms with van der Waals surface area (Å²) in [5.41, 5.74) is 6.30. The molecule has 5 heteroatoms. The molecule has 0 saturated heterocycles. The Hall–Kier alpha value is -1.36. The van der Waals surface area contributed by atoms with E-state index < -0.39 is 0 Å². The molecular weight excluding hydrogens is 206 g/mol. The van der Waals surface area contributed by atoms with Gasteiger partial charge in [-0.05, 0) is 18.8 Å². The van der Waals surface area contributed by atoms with E-state index in [9.17, 15) is 5.11 Å². The van der Waals surface area contributed by atoms with Crippen LogP contribution in [0.25, 0.3) is 0 Å². The summed E-state index contributed by atoms with van der Waals surface area (Å²) in [6, 6.07) is 0. The number of aliphatic hydroxyl groups is 1. The fraction of sp³-hybridized carbons (Fsp3) is 0.636. The highest BCUT2D eigenvalue weighted by molar-refractivity contribution is 5.30. The Balaban J connectivity index is 2.80. The minimum absolute atomic E-state index is 0.154. The van der Waals surface area contributed by atoms with Crippen LogP contribution in [0.3, 0.4) is 0 Å². The molecule has 90 valence electrons. The molecule has 0 aromatic carbocycles. The van der Waals surface area contributed by atoms with Gasteiger partial charge in [0, 0.05) is 6.61 Å². The summed E-state index contributed by atoms with van der Waals surface area (Å²) in [4.78, 5) is 8.01. The number of anilines is 1. The number of methoxy groups -OCH3 is 1. The van der Waals surface area contributed by atoms with Crippen molar-refractivity contribution in [2.24, 2.45) is 5.92 Å². The summed E-state index contributed by atoms with van der Waals surface area (Å²) in [6.45, 7) is 2.25. The highest BCUT2D eigenvalue weighted by Crippen LogP contribution is 2.21. The van der Waals surface area contributed by atoms with Gasteiger partial charge in [0.05, 0.1) is 19.0 Å². The van der Waals surface area contributed by atoms with E-state index in [-0.39, 0.29) is 18.5 Å². The lowest BCUT2D eigenvalue weighted by molar-refractivity contribution is 0.215. The largest absolute Gasteiger partial charge is 0.493 e. The second-order valence-corrected chi connectivity index (χ2v) is 3.78. The van der Waals surface area contributed by atoms with Crippen molar-refractivity contribution in [1.82, 2.24) is 9.97 Å². The van der Waals surface area contributed by atoms with Crippen molar-refractivity contribution in [1.29, 1.82) is 0 Å². The number of hydrogen-bond acceptors (Lipinski definition) is 5. The topological polar surface area (TPSA) is 81.3 Å². The van der Waals surface area contributed by atoms with Crippen LogP contribution in [-0.2, 0) is 6.42 Å². The second kappa shape index (κ2) is 6.27. The number of hydrogen-bond donors (Lipinski definition) is 2. The molecule has 1 aromatic heterocycles. The predicted molar refractivity (Wildman–Crippen MR) is 62.2 cm³/mol. The van der Waals surface area contributed by atoms with Gasteiger partial charge < -0.3 is 15.6 Å². The van der Waals surface area contributed by atoms with Crippen LogP contribution in [0.1, 0.15) is 25.5 Å². The maximum Gasteiger partial charge on any atom is 0.220 e. The average molecular weight is 225 g/mol. The van der Waals surface area contributed by atoms with Crippen LogP contribution in [-0.4, -0.2) is 28.8 Å². The van der Waals surface area contributed by atoms with Crippen LogP contribution in [0.5, 0.6) is 5.75 Å². The van der Waals surface area contributed by atoms with Crippen molar-refractivity contribution >= 4 is 5.95 Å². The minimum Gasteiger partial charge on any atom is -0.493 e. The molecule has 1 atom stereocenters. The molecule has 0 saturated carbocycles. The summed E-state index contributed by atoms with van der Waals surface area (Å²) < 4.78 is 5.16. The Morgan fingerprint density at radius 1 is 1.56 bits per heavy atom. The molecule has 0 amide bonds. The van der Waals surface area contributed by atoms with Crippen LogP contribution in [0, 0.1) is 5.92 Å². The first-order chi connectivity index (χ1) is 7.71. The lowest BCUT2D eigenvalue weighted by atomic mass is 9.98. The van der Waals surface area contributed by atoms with E-state index in [0.717, 1.165) is 18.5 Å². The molecule has 0 aliphatic heterocycles. The minimum atomic E-state index is 0.154. The third kappa shape index (κ3) is 3.34. The van der Waals surface area contributed by atoms with Gasteiger partial charge in [-0.2, -0.15) is 0 Å². The first-order valence-corrected chi connectivity index (χ1v) is 5.47. The SMILES string of the molecule is CCC[C@H](CO)Cc1nc(N)ncc1OC. The lowest BCUT2D eigenvalue weighted by Crippen LogP contribution is -2.12. The van der Waals surface area contributed by atoms with Crippen molar-refractivity contribution in [2.75, 3.05) is 19.5 Å². The van der Waals surface area contributed by atoms with Gasteiger partial charge in [-0.15, -0.1) is 0 Å². The molecule has 0 spiro atoms. The van der Waals surface area contributed by atoms with Crippen LogP contribution in [0.2, 0.25) is 0 Å². The van der Waals surface area contributed by atoms with Gasteiger partial charge in [0.1, 0.15) is 0 Å². The van der Waals surface area contributed by atoms with Crippen molar-refractivity contribution in [3.63, 3.8) is 0 Å². The molecule has 5 nitrogen and oxygen atoms in total. The van der Waals surface area contributed by atoms with Crippen LogP contribution >= 0.6 is 0 Å². The van der Waals surface area contributed by atoms with Gasteiger partial charge in [0.15, 0.2) is 5.75 Å². The van der Waals surface area contributed by atoms with E-state index in [1.54, 1.807) is 13.3 Å². The smallest absolute Gasteiger partial charge is 0.220 e.